The molecule has 45 heavy (non-hydrogen) atoms. The smallest absolute Gasteiger partial charge is 0.182 e. The fraction of sp³-hybridized carbons (Fsp3) is 0.306. The Morgan fingerprint density at radius 3 is 1.60 bits per heavy atom. The molecule has 2 aliphatic carbocycles. The lowest BCUT2D eigenvalue weighted by Gasteiger charge is -2.48. The van der Waals surface area contributed by atoms with Crippen molar-refractivity contribution in [2.24, 2.45) is 11.8 Å². The number of carbonyl (C=O) groups excluding carboxylic acids is 1. The number of ketones is 1. The van der Waals surface area contributed by atoms with Gasteiger partial charge in [0.25, 0.3) is 0 Å². The van der Waals surface area contributed by atoms with Gasteiger partial charge in [-0.1, -0.05) is 82.9 Å². The first-order valence-corrected chi connectivity index (χ1v) is 18.9. The van der Waals surface area contributed by atoms with E-state index in [-0.39, 0.29) is 34.8 Å². The van der Waals surface area contributed by atoms with Crippen LogP contribution >= 0.6 is 23.2 Å². The predicted molar refractivity (Wildman–Crippen MR) is 179 cm³/mol. The van der Waals surface area contributed by atoms with Gasteiger partial charge in [0.15, 0.2) is 19.7 Å². The minimum Gasteiger partial charge on any atom is -0.299 e. The fourth-order valence-electron chi connectivity index (χ4n) is 7.42. The lowest BCUT2D eigenvalue weighted by atomic mass is 9.61. The molecule has 4 aromatic rings. The molecule has 2 fully saturated rings. The monoisotopic (exact) mass is 680 g/mol. The van der Waals surface area contributed by atoms with E-state index in [1.54, 1.807) is 84.9 Å². The van der Waals surface area contributed by atoms with Gasteiger partial charge in [-0.3, -0.25) is 4.79 Å². The molecule has 0 radical (unpaired) electrons. The van der Waals surface area contributed by atoms with Crippen molar-refractivity contribution in [3.63, 3.8) is 0 Å². The van der Waals surface area contributed by atoms with Gasteiger partial charge in [-0.15, -0.1) is 0 Å². The van der Waals surface area contributed by atoms with Gasteiger partial charge in [0.1, 0.15) is 5.78 Å². The highest BCUT2D eigenvalue weighted by atomic mass is 35.5. The van der Waals surface area contributed by atoms with Gasteiger partial charge in [-0.05, 0) is 92.3 Å². The molecular formula is C36H34Cl2O5S2. The number of sulfone groups is 2. The number of fused-ring (bicyclic) bond motifs is 1. The first-order valence-electron chi connectivity index (χ1n) is 15.0. The van der Waals surface area contributed by atoms with Crippen LogP contribution in [0, 0.1) is 25.7 Å². The third-order valence-corrected chi connectivity index (χ3v) is 14.7. The average molecular weight is 682 g/mol. The summed E-state index contributed by atoms with van der Waals surface area (Å²) in [5.41, 5.74) is 3.26. The van der Waals surface area contributed by atoms with E-state index in [2.05, 4.69) is 0 Å². The summed E-state index contributed by atoms with van der Waals surface area (Å²) in [7, 11) is -7.88. The summed E-state index contributed by atoms with van der Waals surface area (Å²) < 4.78 is 58.0. The minimum absolute atomic E-state index is 0.0175. The van der Waals surface area contributed by atoms with E-state index < -0.39 is 53.8 Å². The summed E-state index contributed by atoms with van der Waals surface area (Å²) in [5, 5.41) is -0.986. The first-order chi connectivity index (χ1) is 21.4. The van der Waals surface area contributed by atoms with E-state index in [0.29, 0.717) is 21.2 Å². The van der Waals surface area contributed by atoms with Gasteiger partial charge in [-0.2, -0.15) is 0 Å². The van der Waals surface area contributed by atoms with Crippen molar-refractivity contribution in [3.05, 3.63) is 129 Å². The molecule has 2 saturated carbocycles. The largest absolute Gasteiger partial charge is 0.299 e. The van der Waals surface area contributed by atoms with Crippen LogP contribution in [0.1, 0.15) is 53.4 Å². The second kappa shape index (κ2) is 12.3. The van der Waals surface area contributed by atoms with Crippen LogP contribution in [-0.4, -0.2) is 33.1 Å². The Balaban J connectivity index is 1.52. The summed E-state index contributed by atoms with van der Waals surface area (Å²) in [6, 6.07) is 27.7. The summed E-state index contributed by atoms with van der Waals surface area (Å²) in [4.78, 5) is 14.4. The van der Waals surface area contributed by atoms with Crippen LogP contribution < -0.4 is 0 Å². The standard InChI is InChI=1S/C36H34Cl2O5S2/c1-22-9-13-28(14-10-22)44(40,41)35-21-32-33(19-30(35)24-5-3-7-26(37)17-24)36(45(42,43)29-15-11-23(2)12-16-29)31(20-34(32)39)25-6-4-8-27(38)18-25/h3-18,30-33,35-36H,19-21H2,1-2H3/t30-,31-,32+,33-,35?,36?/m0/s1. The van der Waals surface area contributed by atoms with Gasteiger partial charge in [-0.25, -0.2) is 16.8 Å². The number of aryl methyl sites for hydroxylation is 2. The van der Waals surface area contributed by atoms with E-state index in [1.807, 2.05) is 26.0 Å². The van der Waals surface area contributed by atoms with Crippen molar-refractivity contribution in [1.29, 1.82) is 0 Å². The number of carbonyl (C=O) groups is 1. The Bertz CT molecular complexity index is 1960. The molecule has 2 unspecified atom stereocenters. The van der Waals surface area contributed by atoms with Crippen molar-refractivity contribution in [3.8, 4) is 0 Å². The van der Waals surface area contributed by atoms with E-state index >= 15 is 0 Å². The maximum absolute atomic E-state index is 14.7. The highest BCUT2D eigenvalue weighted by molar-refractivity contribution is 7.92. The van der Waals surface area contributed by atoms with Gasteiger partial charge in [0, 0.05) is 34.2 Å². The molecule has 4 aromatic carbocycles. The zero-order valence-electron chi connectivity index (χ0n) is 24.9. The Kier molecular flexibility index (Phi) is 8.76. The van der Waals surface area contributed by atoms with Crippen molar-refractivity contribution in [1.82, 2.24) is 0 Å². The fourth-order valence-corrected chi connectivity index (χ4v) is 12.1. The molecule has 0 bridgehead atoms. The van der Waals surface area contributed by atoms with Gasteiger partial charge >= 0.3 is 0 Å². The molecule has 0 amide bonds. The molecular weight excluding hydrogens is 647 g/mol. The lowest BCUT2D eigenvalue weighted by Crippen LogP contribution is -2.53. The molecule has 9 heteroatoms. The number of hydrogen-bond acceptors (Lipinski definition) is 5. The molecule has 0 aromatic heterocycles. The van der Waals surface area contributed by atoms with Crippen molar-refractivity contribution >= 4 is 48.7 Å². The summed E-state index contributed by atoms with van der Waals surface area (Å²) in [6.45, 7) is 3.79. The predicted octanol–water partition coefficient (Wildman–Crippen LogP) is 8.16. The Morgan fingerprint density at radius 1 is 0.600 bits per heavy atom. The molecule has 0 spiro atoms. The lowest BCUT2D eigenvalue weighted by molar-refractivity contribution is -0.128. The number of halogens is 2. The van der Waals surface area contributed by atoms with E-state index in [4.69, 9.17) is 23.2 Å². The van der Waals surface area contributed by atoms with E-state index in [1.165, 1.54) is 0 Å². The number of benzene rings is 4. The second-order valence-electron chi connectivity index (χ2n) is 12.5. The topological polar surface area (TPSA) is 85.3 Å². The normalized spacial score (nSPS) is 25.5. The first kappa shape index (κ1) is 32.0. The maximum Gasteiger partial charge on any atom is 0.182 e. The Morgan fingerprint density at radius 2 is 1.09 bits per heavy atom. The summed E-state index contributed by atoms with van der Waals surface area (Å²) in [5.74, 6) is -2.72. The van der Waals surface area contributed by atoms with Crippen LogP contribution in [0.15, 0.2) is 107 Å². The SMILES string of the molecule is Cc1ccc(S(=O)(=O)C2C[C@H]3C(=O)C[C@@H](c4cccc(Cl)c4)C(S(=O)(=O)c4ccc(C)cc4)[C@H]3C[C@H]2c2cccc(Cl)c2)cc1. The molecule has 5 nitrogen and oxygen atoms in total. The van der Waals surface area contributed by atoms with Crippen LogP contribution in [0.25, 0.3) is 0 Å². The molecule has 6 atom stereocenters. The van der Waals surface area contributed by atoms with E-state index in [0.717, 1.165) is 11.1 Å². The molecule has 0 aliphatic heterocycles. The van der Waals surface area contributed by atoms with Crippen LogP contribution in [0.4, 0.5) is 0 Å². The van der Waals surface area contributed by atoms with Crippen molar-refractivity contribution in [2.45, 2.75) is 65.2 Å². The Hall–Kier alpha value is -2.97. The van der Waals surface area contributed by atoms with E-state index in [9.17, 15) is 21.6 Å². The van der Waals surface area contributed by atoms with Crippen molar-refractivity contribution in [2.75, 3.05) is 0 Å². The van der Waals surface area contributed by atoms with Crippen molar-refractivity contribution < 1.29 is 21.6 Å². The zero-order valence-corrected chi connectivity index (χ0v) is 28.1. The zero-order chi connectivity index (χ0) is 32.1. The van der Waals surface area contributed by atoms with Crippen LogP contribution in [0.3, 0.4) is 0 Å². The maximum atomic E-state index is 14.7. The summed E-state index contributed by atoms with van der Waals surface area (Å²) in [6.07, 6.45) is 0.203. The molecule has 6 rings (SSSR count). The summed E-state index contributed by atoms with van der Waals surface area (Å²) >= 11 is 12.8. The molecule has 234 valence electrons. The van der Waals surface area contributed by atoms with Crippen LogP contribution in [0.2, 0.25) is 10.0 Å². The minimum atomic E-state index is -3.98. The van der Waals surface area contributed by atoms with Crippen LogP contribution in [-0.2, 0) is 24.5 Å². The molecule has 0 heterocycles. The second-order valence-corrected chi connectivity index (χ2v) is 17.6. The highest BCUT2D eigenvalue weighted by Gasteiger charge is 2.56. The average Bonchev–Trinajstić information content (AvgIpc) is 3.00. The van der Waals surface area contributed by atoms with Gasteiger partial charge in [0.05, 0.1) is 20.3 Å². The number of Topliss-reactive ketones (excluding diaryl/α,β-unsaturated/α-hetero) is 1. The Labute approximate surface area is 275 Å². The third kappa shape index (κ3) is 6.12. The van der Waals surface area contributed by atoms with Gasteiger partial charge < -0.3 is 0 Å². The number of hydrogen-bond donors (Lipinski definition) is 0. The molecule has 2 aliphatic rings. The highest BCUT2D eigenvalue weighted by Crippen LogP contribution is 2.54. The number of rotatable bonds is 6. The third-order valence-electron chi connectivity index (χ3n) is 9.64. The molecule has 0 N–H and O–H groups in total. The molecule has 0 saturated heterocycles. The van der Waals surface area contributed by atoms with Crippen LogP contribution in [0.5, 0.6) is 0 Å². The quantitative estimate of drug-likeness (QED) is 0.205. The van der Waals surface area contributed by atoms with Gasteiger partial charge in [0.2, 0.25) is 0 Å².